The molecular weight excluding hydrogens is 955 g/mol. The summed E-state index contributed by atoms with van der Waals surface area (Å²) in [5, 5.41) is 76.1. The van der Waals surface area contributed by atoms with Gasteiger partial charge in [-0.3, -0.25) is 4.79 Å². The molecule has 8 N–H and O–H groups in total. The molecule has 0 aromatic heterocycles. The predicted octanol–water partition coefficient (Wildman–Crippen LogP) is 14.9. The third kappa shape index (κ3) is 41.6. The number of carbonyl (C=O) groups excluding carboxylic acids is 1. The normalized spacial score (nSPS) is 19.7. The molecule has 1 aliphatic rings. The summed E-state index contributed by atoms with van der Waals surface area (Å²) >= 11 is 0. The van der Waals surface area contributed by atoms with Crippen molar-refractivity contribution in [3.05, 3.63) is 24.3 Å². The van der Waals surface area contributed by atoms with E-state index in [0.717, 1.165) is 38.5 Å². The summed E-state index contributed by atoms with van der Waals surface area (Å²) in [4.78, 5) is 13.2. The summed E-state index contributed by atoms with van der Waals surface area (Å²) in [6, 6.07) is -1.18. The van der Waals surface area contributed by atoms with Crippen LogP contribution in [0.5, 0.6) is 0 Å². The van der Waals surface area contributed by atoms with E-state index in [1.54, 1.807) is 0 Å². The van der Waals surface area contributed by atoms with Gasteiger partial charge in [0.05, 0.1) is 25.4 Å². The van der Waals surface area contributed by atoms with Crippen LogP contribution in [0, 0.1) is 0 Å². The molecule has 0 aliphatic carbocycles. The van der Waals surface area contributed by atoms with E-state index in [2.05, 4.69) is 43.5 Å². The van der Waals surface area contributed by atoms with Crippen molar-refractivity contribution in [3.63, 3.8) is 0 Å². The van der Waals surface area contributed by atoms with Crippen LogP contribution < -0.4 is 5.32 Å². The number of aliphatic hydroxyl groups excluding tert-OH is 7. The van der Waals surface area contributed by atoms with Crippen molar-refractivity contribution < 1.29 is 50.0 Å². The second kappa shape index (κ2) is 54.2. The number of hydrogen-bond donors (Lipinski definition) is 8. The molecule has 0 aromatic rings. The largest absolute Gasteiger partial charge is 0.394 e. The molecule has 11 nitrogen and oxygen atoms in total. The number of rotatable bonds is 57. The van der Waals surface area contributed by atoms with Crippen LogP contribution in [0.25, 0.3) is 0 Å². The van der Waals surface area contributed by atoms with Crippen molar-refractivity contribution in [1.29, 1.82) is 0 Å². The molecule has 9 atom stereocenters. The van der Waals surface area contributed by atoms with Crippen LogP contribution in [-0.2, 0) is 14.3 Å². The van der Waals surface area contributed by atoms with Gasteiger partial charge >= 0.3 is 0 Å². The standard InChI is InChI=1S/C65H125NO10/c1-3-5-7-9-11-13-15-17-18-19-20-21-22-23-24-25-26-27-28-29-30-31-32-33-34-35-36-37-38-39-41-43-45-47-49-51-53-58(69)64(74)66-56(55-75-65-63(73)62(72)61(71)59(54-67)76-65)60(70)57(68)52-50-48-46-44-42-40-16-14-12-10-8-6-4-2/h27-28,44,46,56-63,65,67-73H,3-26,29-43,45,47-55H2,1-2H3,(H,66,74)/b28-27-,46-44+. The van der Waals surface area contributed by atoms with Crippen molar-refractivity contribution in [3.8, 4) is 0 Å². The van der Waals surface area contributed by atoms with Crippen molar-refractivity contribution >= 4 is 5.91 Å². The third-order valence-corrected chi connectivity index (χ3v) is 16.0. The van der Waals surface area contributed by atoms with E-state index >= 15 is 0 Å². The Morgan fingerprint density at radius 3 is 1.13 bits per heavy atom. The Balaban J connectivity index is 2.13. The highest BCUT2D eigenvalue weighted by Crippen LogP contribution is 2.24. The molecule has 1 heterocycles. The van der Waals surface area contributed by atoms with Gasteiger partial charge in [-0.05, 0) is 64.2 Å². The zero-order valence-corrected chi connectivity index (χ0v) is 49.5. The lowest BCUT2D eigenvalue weighted by Crippen LogP contribution is -2.60. The maximum absolute atomic E-state index is 13.2. The van der Waals surface area contributed by atoms with Crippen LogP contribution >= 0.6 is 0 Å². The minimum Gasteiger partial charge on any atom is -0.394 e. The zero-order valence-electron chi connectivity index (χ0n) is 49.5. The molecule has 9 unspecified atom stereocenters. The maximum atomic E-state index is 13.2. The fourth-order valence-electron chi connectivity index (χ4n) is 10.7. The smallest absolute Gasteiger partial charge is 0.249 e. The van der Waals surface area contributed by atoms with Crippen LogP contribution in [0.4, 0.5) is 0 Å². The molecule has 1 rings (SSSR count). The van der Waals surface area contributed by atoms with Crippen molar-refractivity contribution in [2.75, 3.05) is 13.2 Å². The van der Waals surface area contributed by atoms with Gasteiger partial charge in [-0.25, -0.2) is 0 Å². The Bertz CT molecular complexity index is 1280. The van der Waals surface area contributed by atoms with Crippen molar-refractivity contribution in [2.45, 2.75) is 371 Å². The molecule has 0 spiro atoms. The highest BCUT2D eigenvalue weighted by molar-refractivity contribution is 5.80. The Labute approximate surface area is 467 Å². The van der Waals surface area contributed by atoms with Gasteiger partial charge in [-0.1, -0.05) is 276 Å². The number of hydrogen-bond acceptors (Lipinski definition) is 10. The van der Waals surface area contributed by atoms with E-state index < -0.39 is 74.2 Å². The second-order valence-electron chi connectivity index (χ2n) is 23.2. The minimum absolute atomic E-state index is 0.257. The first-order valence-electron chi connectivity index (χ1n) is 32.7. The summed E-state index contributed by atoms with van der Waals surface area (Å²) in [5.41, 5.74) is 0. The molecule has 1 fully saturated rings. The Hall–Kier alpha value is -1.41. The number of amides is 1. The van der Waals surface area contributed by atoms with Crippen molar-refractivity contribution in [2.24, 2.45) is 0 Å². The van der Waals surface area contributed by atoms with Gasteiger partial charge in [0, 0.05) is 0 Å². The van der Waals surface area contributed by atoms with E-state index in [4.69, 9.17) is 9.47 Å². The SMILES string of the molecule is CCCCCCCCCC/C=C/CCCC(O)C(O)C(COC1OC(CO)C(O)C(O)C1O)NC(=O)C(O)CCCCCCCCCCCCCCCCCC/C=C\CCCCCCCCCCCCCCCCCC. The molecule has 1 saturated heterocycles. The predicted molar refractivity (Wildman–Crippen MR) is 316 cm³/mol. The summed E-state index contributed by atoms with van der Waals surface area (Å²) in [6.45, 7) is 3.46. The topological polar surface area (TPSA) is 189 Å². The molecule has 1 aliphatic heterocycles. The summed E-state index contributed by atoms with van der Waals surface area (Å²) in [6.07, 6.45) is 55.7. The Morgan fingerprint density at radius 1 is 0.447 bits per heavy atom. The van der Waals surface area contributed by atoms with Gasteiger partial charge < -0.3 is 50.5 Å². The fraction of sp³-hybridized carbons (Fsp3) is 0.923. The maximum Gasteiger partial charge on any atom is 0.249 e. The first kappa shape index (κ1) is 72.6. The molecule has 11 heteroatoms. The van der Waals surface area contributed by atoms with E-state index in [9.17, 15) is 40.5 Å². The average molecular weight is 1080 g/mol. The summed E-state index contributed by atoms with van der Waals surface area (Å²) < 4.78 is 11.1. The highest BCUT2D eigenvalue weighted by Gasteiger charge is 2.44. The number of allylic oxidation sites excluding steroid dienone is 4. The van der Waals surface area contributed by atoms with Gasteiger partial charge in [-0.15, -0.1) is 0 Å². The molecule has 76 heavy (non-hydrogen) atoms. The lowest BCUT2D eigenvalue weighted by Gasteiger charge is -2.40. The third-order valence-electron chi connectivity index (χ3n) is 16.0. The molecule has 0 bridgehead atoms. The molecular formula is C65H125NO10. The molecule has 450 valence electrons. The Morgan fingerprint density at radius 2 is 0.776 bits per heavy atom. The fourth-order valence-corrected chi connectivity index (χ4v) is 10.7. The molecule has 1 amide bonds. The van der Waals surface area contributed by atoms with Crippen LogP contribution in [0.3, 0.4) is 0 Å². The first-order valence-corrected chi connectivity index (χ1v) is 32.7. The number of unbranched alkanes of at least 4 members (excludes halogenated alkanes) is 41. The quantitative estimate of drug-likeness (QED) is 0.0215. The number of ether oxygens (including phenoxy) is 2. The summed E-state index contributed by atoms with van der Waals surface area (Å²) in [7, 11) is 0. The molecule has 0 saturated carbocycles. The van der Waals surface area contributed by atoms with Crippen LogP contribution in [0.2, 0.25) is 0 Å². The second-order valence-corrected chi connectivity index (χ2v) is 23.2. The van der Waals surface area contributed by atoms with Gasteiger partial charge in [0.25, 0.3) is 0 Å². The van der Waals surface area contributed by atoms with Gasteiger partial charge in [0.1, 0.15) is 36.6 Å². The minimum atomic E-state index is -1.67. The van der Waals surface area contributed by atoms with Crippen LogP contribution in [0.15, 0.2) is 24.3 Å². The summed E-state index contributed by atoms with van der Waals surface area (Å²) in [5.74, 6) is -0.702. The first-order chi connectivity index (χ1) is 37.2. The highest BCUT2D eigenvalue weighted by atomic mass is 16.7. The Kier molecular flexibility index (Phi) is 51.8. The number of aliphatic hydroxyl groups is 7. The van der Waals surface area contributed by atoms with E-state index in [1.165, 1.54) is 238 Å². The van der Waals surface area contributed by atoms with Gasteiger partial charge in [-0.2, -0.15) is 0 Å². The lowest BCUT2D eigenvalue weighted by molar-refractivity contribution is -0.303. The average Bonchev–Trinajstić information content (AvgIpc) is 3.42. The zero-order chi connectivity index (χ0) is 55.4. The monoisotopic (exact) mass is 1080 g/mol. The number of nitrogens with one attached hydrogen (secondary N) is 1. The van der Waals surface area contributed by atoms with Crippen LogP contribution in [-0.4, -0.2) is 110 Å². The van der Waals surface area contributed by atoms with E-state index in [-0.39, 0.29) is 12.8 Å². The van der Waals surface area contributed by atoms with E-state index in [1.807, 2.05) is 0 Å². The van der Waals surface area contributed by atoms with Gasteiger partial charge in [0.2, 0.25) is 5.91 Å². The molecule has 0 aromatic carbocycles. The van der Waals surface area contributed by atoms with Gasteiger partial charge in [0.15, 0.2) is 6.29 Å². The van der Waals surface area contributed by atoms with E-state index in [0.29, 0.717) is 12.8 Å². The van der Waals surface area contributed by atoms with Crippen molar-refractivity contribution in [1.82, 2.24) is 5.32 Å². The number of carbonyl (C=O) groups is 1. The lowest BCUT2D eigenvalue weighted by atomic mass is 9.98. The molecule has 0 radical (unpaired) electrons. The van der Waals surface area contributed by atoms with Crippen LogP contribution in [0.1, 0.15) is 316 Å².